The zero-order chi connectivity index (χ0) is 13.9. The summed E-state index contributed by atoms with van der Waals surface area (Å²) in [5.41, 5.74) is 3.25. The summed E-state index contributed by atoms with van der Waals surface area (Å²) in [6, 6.07) is 7.98. The number of hydrogen-bond donors (Lipinski definition) is 0. The number of aromatic nitrogens is 2. The average Bonchev–Trinajstić information content (AvgIpc) is 2.62. The first kappa shape index (κ1) is 13.3. The van der Waals surface area contributed by atoms with E-state index in [1.165, 1.54) is 0 Å². The number of rotatable bonds is 2. The lowest BCUT2D eigenvalue weighted by molar-refractivity contribution is 0.217. The van der Waals surface area contributed by atoms with Crippen molar-refractivity contribution in [3.05, 3.63) is 52.3 Å². The minimum atomic E-state index is 0.635. The normalized spacial score (nSPS) is 15.3. The Morgan fingerprint density at radius 2 is 2.30 bits per heavy atom. The standard InChI is InChI=1S/C15H16ClN3O/c1-11-7-12-9-19(10-13-3-2-4-17-18-13)5-6-20-15(12)14(16)8-11/h2-4,7-8H,5-6,9-10H2,1H3. The molecular weight excluding hydrogens is 274 g/mol. The second-order valence-electron chi connectivity index (χ2n) is 5.01. The monoisotopic (exact) mass is 289 g/mol. The summed E-state index contributed by atoms with van der Waals surface area (Å²) < 4.78 is 5.79. The van der Waals surface area contributed by atoms with Crippen LogP contribution in [0.15, 0.2) is 30.5 Å². The van der Waals surface area contributed by atoms with E-state index in [9.17, 15) is 0 Å². The van der Waals surface area contributed by atoms with Crippen LogP contribution >= 0.6 is 11.6 Å². The third-order valence-corrected chi connectivity index (χ3v) is 3.61. The van der Waals surface area contributed by atoms with Crippen LogP contribution in [0.5, 0.6) is 5.75 Å². The van der Waals surface area contributed by atoms with E-state index in [-0.39, 0.29) is 0 Å². The van der Waals surface area contributed by atoms with Crippen molar-refractivity contribution in [2.45, 2.75) is 20.0 Å². The third kappa shape index (κ3) is 2.92. The van der Waals surface area contributed by atoms with Crippen LogP contribution in [0.3, 0.4) is 0 Å². The summed E-state index contributed by atoms with van der Waals surface area (Å²) >= 11 is 6.26. The van der Waals surface area contributed by atoms with E-state index in [4.69, 9.17) is 16.3 Å². The highest BCUT2D eigenvalue weighted by molar-refractivity contribution is 6.32. The van der Waals surface area contributed by atoms with Gasteiger partial charge in [0.15, 0.2) is 0 Å². The molecule has 0 bridgehead atoms. The minimum Gasteiger partial charge on any atom is -0.490 e. The van der Waals surface area contributed by atoms with Crippen LogP contribution < -0.4 is 4.74 Å². The first-order valence-corrected chi connectivity index (χ1v) is 7.01. The van der Waals surface area contributed by atoms with Crippen LogP contribution in [0.1, 0.15) is 16.8 Å². The Hall–Kier alpha value is -1.65. The molecule has 0 aliphatic carbocycles. The second kappa shape index (κ2) is 5.77. The molecule has 1 aromatic carbocycles. The molecule has 0 N–H and O–H groups in total. The molecule has 0 unspecified atom stereocenters. The number of ether oxygens (including phenoxy) is 1. The van der Waals surface area contributed by atoms with Crippen LogP contribution in [0.25, 0.3) is 0 Å². The minimum absolute atomic E-state index is 0.635. The number of halogens is 1. The molecule has 0 fully saturated rings. The first-order valence-electron chi connectivity index (χ1n) is 6.63. The van der Waals surface area contributed by atoms with Crippen molar-refractivity contribution >= 4 is 11.6 Å². The van der Waals surface area contributed by atoms with Gasteiger partial charge in [-0.15, -0.1) is 0 Å². The van der Waals surface area contributed by atoms with Crippen LogP contribution in [0.2, 0.25) is 5.02 Å². The molecule has 0 saturated carbocycles. The van der Waals surface area contributed by atoms with E-state index in [2.05, 4.69) is 21.2 Å². The molecule has 0 amide bonds. The summed E-state index contributed by atoms with van der Waals surface area (Å²) in [6.07, 6.45) is 1.69. The van der Waals surface area contributed by atoms with Gasteiger partial charge < -0.3 is 4.74 Å². The maximum absolute atomic E-state index is 6.26. The Balaban J connectivity index is 1.82. The molecular formula is C15H16ClN3O. The van der Waals surface area contributed by atoms with E-state index in [0.717, 1.165) is 42.2 Å². The molecule has 104 valence electrons. The lowest BCUT2D eigenvalue weighted by atomic mass is 10.1. The van der Waals surface area contributed by atoms with Gasteiger partial charge in [-0.25, -0.2) is 0 Å². The summed E-state index contributed by atoms with van der Waals surface area (Å²) in [5.74, 6) is 0.818. The molecule has 0 atom stereocenters. The van der Waals surface area contributed by atoms with Gasteiger partial charge in [-0.3, -0.25) is 4.90 Å². The van der Waals surface area contributed by atoms with Gasteiger partial charge in [0.25, 0.3) is 0 Å². The SMILES string of the molecule is Cc1cc(Cl)c2c(c1)CN(Cc1cccnn1)CCO2. The smallest absolute Gasteiger partial charge is 0.142 e. The molecule has 2 heterocycles. The van der Waals surface area contributed by atoms with Crippen molar-refractivity contribution in [1.82, 2.24) is 15.1 Å². The van der Waals surface area contributed by atoms with E-state index in [1.807, 2.05) is 25.1 Å². The molecule has 4 nitrogen and oxygen atoms in total. The van der Waals surface area contributed by atoms with Gasteiger partial charge in [-0.05, 0) is 30.7 Å². The fourth-order valence-electron chi connectivity index (χ4n) is 2.46. The van der Waals surface area contributed by atoms with Crippen LogP contribution in [-0.4, -0.2) is 28.2 Å². The molecule has 20 heavy (non-hydrogen) atoms. The van der Waals surface area contributed by atoms with Gasteiger partial charge >= 0.3 is 0 Å². The van der Waals surface area contributed by atoms with Crippen molar-refractivity contribution in [2.75, 3.05) is 13.2 Å². The lowest BCUT2D eigenvalue weighted by Crippen LogP contribution is -2.25. The molecule has 1 aromatic heterocycles. The molecule has 0 saturated heterocycles. The van der Waals surface area contributed by atoms with E-state index >= 15 is 0 Å². The van der Waals surface area contributed by atoms with E-state index in [1.54, 1.807) is 6.20 Å². The van der Waals surface area contributed by atoms with Crippen LogP contribution in [0.4, 0.5) is 0 Å². The Morgan fingerprint density at radius 1 is 1.40 bits per heavy atom. The Bertz CT molecular complexity index is 604. The van der Waals surface area contributed by atoms with Gasteiger partial charge in [-0.2, -0.15) is 10.2 Å². The van der Waals surface area contributed by atoms with Gasteiger partial charge in [0.1, 0.15) is 12.4 Å². The molecule has 0 radical (unpaired) electrons. The lowest BCUT2D eigenvalue weighted by Gasteiger charge is -2.18. The number of fused-ring (bicyclic) bond motifs is 1. The predicted octanol–water partition coefficient (Wildman–Crippen LogP) is 2.83. The summed E-state index contributed by atoms with van der Waals surface area (Å²) in [4.78, 5) is 2.30. The summed E-state index contributed by atoms with van der Waals surface area (Å²) in [7, 11) is 0. The Labute approximate surface area is 123 Å². The highest BCUT2D eigenvalue weighted by atomic mass is 35.5. The number of nitrogens with zero attached hydrogens (tertiary/aromatic N) is 3. The summed E-state index contributed by atoms with van der Waals surface area (Å²) in [5, 5.41) is 8.75. The Morgan fingerprint density at radius 3 is 3.10 bits per heavy atom. The molecule has 0 spiro atoms. The highest BCUT2D eigenvalue weighted by Crippen LogP contribution is 2.32. The second-order valence-corrected chi connectivity index (χ2v) is 5.42. The van der Waals surface area contributed by atoms with E-state index < -0.39 is 0 Å². The quantitative estimate of drug-likeness (QED) is 0.852. The van der Waals surface area contributed by atoms with Crippen molar-refractivity contribution < 1.29 is 4.74 Å². The van der Waals surface area contributed by atoms with Crippen LogP contribution in [-0.2, 0) is 13.1 Å². The molecule has 5 heteroatoms. The van der Waals surface area contributed by atoms with Gasteiger partial charge in [0.2, 0.25) is 0 Å². The maximum Gasteiger partial charge on any atom is 0.142 e. The van der Waals surface area contributed by atoms with Crippen molar-refractivity contribution in [3.63, 3.8) is 0 Å². The molecule has 2 aromatic rings. The topological polar surface area (TPSA) is 38.2 Å². The van der Waals surface area contributed by atoms with Gasteiger partial charge in [0, 0.05) is 31.4 Å². The Kier molecular flexibility index (Phi) is 3.85. The highest BCUT2D eigenvalue weighted by Gasteiger charge is 2.18. The van der Waals surface area contributed by atoms with Crippen molar-refractivity contribution in [2.24, 2.45) is 0 Å². The van der Waals surface area contributed by atoms with Crippen LogP contribution in [0, 0.1) is 6.92 Å². The number of hydrogen-bond acceptors (Lipinski definition) is 4. The predicted molar refractivity (Wildman–Crippen MR) is 77.8 cm³/mol. The zero-order valence-electron chi connectivity index (χ0n) is 11.3. The van der Waals surface area contributed by atoms with E-state index in [0.29, 0.717) is 11.6 Å². The van der Waals surface area contributed by atoms with Crippen molar-refractivity contribution in [3.8, 4) is 5.75 Å². The summed E-state index contributed by atoms with van der Waals surface area (Å²) in [6.45, 7) is 5.11. The fraction of sp³-hybridized carbons (Fsp3) is 0.333. The van der Waals surface area contributed by atoms with Gasteiger partial charge in [0.05, 0.1) is 10.7 Å². The fourth-order valence-corrected chi connectivity index (χ4v) is 2.81. The average molecular weight is 290 g/mol. The molecule has 3 rings (SSSR count). The van der Waals surface area contributed by atoms with Crippen molar-refractivity contribution in [1.29, 1.82) is 0 Å². The third-order valence-electron chi connectivity index (χ3n) is 3.33. The maximum atomic E-state index is 6.26. The first-order chi connectivity index (χ1) is 9.72. The number of benzene rings is 1. The largest absolute Gasteiger partial charge is 0.490 e. The molecule has 1 aliphatic heterocycles. The van der Waals surface area contributed by atoms with Gasteiger partial charge in [-0.1, -0.05) is 17.7 Å². The number of aryl methyl sites for hydroxylation is 1. The zero-order valence-corrected chi connectivity index (χ0v) is 12.1. The molecule has 1 aliphatic rings.